The van der Waals surface area contributed by atoms with E-state index in [2.05, 4.69) is 31.4 Å². The summed E-state index contributed by atoms with van der Waals surface area (Å²) in [5.41, 5.74) is 0. The highest BCUT2D eigenvalue weighted by Gasteiger charge is 2.32. The Bertz CT molecular complexity index is 335. The SMILES string of the molecule is CC(C)CCCC(C)CCC1C(=O)NC(=S)NC1=O. The van der Waals surface area contributed by atoms with Crippen molar-refractivity contribution in [2.75, 3.05) is 0 Å². The van der Waals surface area contributed by atoms with Gasteiger partial charge in [0.25, 0.3) is 0 Å². The van der Waals surface area contributed by atoms with Crippen molar-refractivity contribution < 1.29 is 9.59 Å². The molecule has 0 saturated carbocycles. The van der Waals surface area contributed by atoms with Crippen molar-refractivity contribution in [2.45, 2.75) is 52.9 Å². The molecule has 2 amide bonds. The summed E-state index contributed by atoms with van der Waals surface area (Å²) in [6, 6.07) is 0. The van der Waals surface area contributed by atoms with Crippen LogP contribution in [0.3, 0.4) is 0 Å². The van der Waals surface area contributed by atoms with E-state index in [1.54, 1.807) is 0 Å². The van der Waals surface area contributed by atoms with Crippen molar-refractivity contribution in [2.24, 2.45) is 17.8 Å². The molecule has 1 fully saturated rings. The van der Waals surface area contributed by atoms with E-state index in [0.29, 0.717) is 12.3 Å². The zero-order chi connectivity index (χ0) is 14.4. The number of carbonyl (C=O) groups is 2. The maximum absolute atomic E-state index is 11.7. The minimum atomic E-state index is -0.584. The van der Waals surface area contributed by atoms with Crippen LogP contribution in [-0.2, 0) is 9.59 Å². The Morgan fingerprint density at radius 3 is 2.16 bits per heavy atom. The first-order valence-electron chi connectivity index (χ1n) is 7.05. The number of carbonyl (C=O) groups excluding carboxylic acids is 2. The summed E-state index contributed by atoms with van der Waals surface area (Å²) < 4.78 is 0. The molecule has 0 radical (unpaired) electrons. The summed E-state index contributed by atoms with van der Waals surface area (Å²) in [7, 11) is 0. The minimum Gasteiger partial charge on any atom is -0.302 e. The van der Waals surface area contributed by atoms with E-state index in [9.17, 15) is 9.59 Å². The molecule has 1 aliphatic rings. The highest BCUT2D eigenvalue weighted by molar-refractivity contribution is 7.80. The van der Waals surface area contributed by atoms with E-state index in [-0.39, 0.29) is 16.9 Å². The first-order chi connectivity index (χ1) is 8.90. The molecule has 1 atom stereocenters. The minimum absolute atomic E-state index is 0.122. The lowest BCUT2D eigenvalue weighted by Crippen LogP contribution is -2.55. The second-order valence-electron chi connectivity index (χ2n) is 5.87. The fraction of sp³-hybridized carbons (Fsp3) is 0.786. The number of amides is 2. The van der Waals surface area contributed by atoms with Crippen LogP contribution in [0.5, 0.6) is 0 Å². The van der Waals surface area contributed by atoms with E-state index < -0.39 is 5.92 Å². The molecule has 1 rings (SSSR count). The van der Waals surface area contributed by atoms with Crippen molar-refractivity contribution in [3.8, 4) is 0 Å². The Morgan fingerprint density at radius 1 is 1.05 bits per heavy atom. The number of rotatable bonds is 7. The summed E-state index contributed by atoms with van der Waals surface area (Å²) in [5.74, 6) is 0.182. The molecular weight excluding hydrogens is 260 g/mol. The largest absolute Gasteiger partial charge is 0.302 e. The molecule has 1 saturated heterocycles. The number of hydrogen-bond donors (Lipinski definition) is 2. The van der Waals surface area contributed by atoms with Crippen LogP contribution in [0.2, 0.25) is 0 Å². The quantitative estimate of drug-likeness (QED) is 0.557. The molecule has 0 aromatic rings. The average molecular weight is 284 g/mol. The van der Waals surface area contributed by atoms with Crippen molar-refractivity contribution in [3.63, 3.8) is 0 Å². The lowest BCUT2D eigenvalue weighted by atomic mass is 9.91. The second-order valence-corrected chi connectivity index (χ2v) is 6.28. The molecule has 0 aromatic heterocycles. The van der Waals surface area contributed by atoms with Crippen LogP contribution in [0.25, 0.3) is 0 Å². The van der Waals surface area contributed by atoms with Gasteiger partial charge in [0.2, 0.25) is 11.8 Å². The van der Waals surface area contributed by atoms with E-state index >= 15 is 0 Å². The summed E-state index contributed by atoms with van der Waals surface area (Å²) in [6.07, 6.45) is 5.11. The topological polar surface area (TPSA) is 58.2 Å². The Kier molecular flexibility index (Phi) is 6.42. The average Bonchev–Trinajstić information content (AvgIpc) is 2.26. The first kappa shape index (κ1) is 16.1. The molecule has 2 N–H and O–H groups in total. The predicted octanol–water partition coefficient (Wildman–Crippen LogP) is 2.38. The summed E-state index contributed by atoms with van der Waals surface area (Å²) in [6.45, 7) is 6.64. The van der Waals surface area contributed by atoms with Crippen LogP contribution in [0.15, 0.2) is 0 Å². The van der Waals surface area contributed by atoms with Crippen LogP contribution in [0.4, 0.5) is 0 Å². The molecule has 0 aromatic carbocycles. The van der Waals surface area contributed by atoms with Crippen molar-refractivity contribution in [1.82, 2.24) is 10.6 Å². The van der Waals surface area contributed by atoms with E-state index in [4.69, 9.17) is 12.2 Å². The zero-order valence-electron chi connectivity index (χ0n) is 12.0. The van der Waals surface area contributed by atoms with Crippen LogP contribution in [0.1, 0.15) is 52.9 Å². The fourth-order valence-corrected chi connectivity index (χ4v) is 2.48. The van der Waals surface area contributed by atoms with Gasteiger partial charge in [0.05, 0.1) is 0 Å². The zero-order valence-corrected chi connectivity index (χ0v) is 12.8. The molecule has 19 heavy (non-hydrogen) atoms. The molecule has 1 heterocycles. The van der Waals surface area contributed by atoms with Crippen LogP contribution >= 0.6 is 12.2 Å². The van der Waals surface area contributed by atoms with Crippen molar-refractivity contribution in [1.29, 1.82) is 0 Å². The van der Waals surface area contributed by atoms with Gasteiger partial charge >= 0.3 is 0 Å². The Balaban J connectivity index is 2.29. The third-order valence-corrected chi connectivity index (χ3v) is 3.74. The molecule has 5 heteroatoms. The van der Waals surface area contributed by atoms with Gasteiger partial charge in [-0.05, 0) is 36.9 Å². The Labute approximate surface area is 120 Å². The third kappa shape index (κ3) is 5.68. The number of hydrogen-bond acceptors (Lipinski definition) is 3. The lowest BCUT2D eigenvalue weighted by Gasteiger charge is -2.23. The van der Waals surface area contributed by atoms with Gasteiger partial charge in [0.15, 0.2) is 5.11 Å². The number of thiocarbonyl (C=S) groups is 1. The third-order valence-electron chi connectivity index (χ3n) is 3.53. The molecule has 0 spiro atoms. The molecule has 1 unspecified atom stereocenters. The van der Waals surface area contributed by atoms with Gasteiger partial charge in [-0.2, -0.15) is 0 Å². The standard InChI is InChI=1S/C14H24N2O2S/c1-9(2)5-4-6-10(3)7-8-11-12(17)15-14(19)16-13(11)18/h9-11H,4-8H2,1-3H3,(H2,15,16,17,18,19). The van der Waals surface area contributed by atoms with Crippen LogP contribution in [0, 0.1) is 17.8 Å². The predicted molar refractivity (Wildman–Crippen MR) is 79.5 cm³/mol. The molecule has 0 bridgehead atoms. The highest BCUT2D eigenvalue weighted by atomic mass is 32.1. The summed E-state index contributed by atoms with van der Waals surface area (Å²) >= 11 is 4.77. The maximum Gasteiger partial charge on any atom is 0.238 e. The van der Waals surface area contributed by atoms with Crippen LogP contribution < -0.4 is 10.6 Å². The van der Waals surface area contributed by atoms with Gasteiger partial charge < -0.3 is 10.6 Å². The lowest BCUT2D eigenvalue weighted by molar-refractivity contribution is -0.135. The van der Waals surface area contributed by atoms with Gasteiger partial charge in [-0.15, -0.1) is 0 Å². The molecule has 4 nitrogen and oxygen atoms in total. The van der Waals surface area contributed by atoms with Gasteiger partial charge in [-0.1, -0.05) is 40.0 Å². The molecule has 1 aliphatic heterocycles. The molecule has 108 valence electrons. The smallest absolute Gasteiger partial charge is 0.238 e. The Morgan fingerprint density at radius 2 is 1.63 bits per heavy atom. The first-order valence-corrected chi connectivity index (χ1v) is 7.46. The van der Waals surface area contributed by atoms with Crippen LogP contribution in [-0.4, -0.2) is 16.9 Å². The molecule has 0 aliphatic carbocycles. The summed E-state index contributed by atoms with van der Waals surface area (Å²) in [5, 5.41) is 5.13. The van der Waals surface area contributed by atoms with Crippen molar-refractivity contribution in [3.05, 3.63) is 0 Å². The van der Waals surface area contributed by atoms with Gasteiger partial charge in [-0.25, -0.2) is 0 Å². The fourth-order valence-electron chi connectivity index (χ4n) is 2.28. The highest BCUT2D eigenvalue weighted by Crippen LogP contribution is 2.20. The number of nitrogens with one attached hydrogen (secondary N) is 2. The van der Waals surface area contributed by atoms with E-state index in [1.807, 2.05) is 0 Å². The van der Waals surface area contributed by atoms with Gasteiger partial charge in [0, 0.05) is 0 Å². The Hall–Kier alpha value is -0.970. The van der Waals surface area contributed by atoms with Crippen molar-refractivity contribution >= 4 is 29.1 Å². The normalized spacial score (nSPS) is 18.4. The van der Waals surface area contributed by atoms with Gasteiger partial charge in [0.1, 0.15) is 5.92 Å². The second kappa shape index (κ2) is 7.58. The summed E-state index contributed by atoms with van der Waals surface area (Å²) in [4.78, 5) is 23.3. The van der Waals surface area contributed by atoms with E-state index in [0.717, 1.165) is 18.8 Å². The van der Waals surface area contributed by atoms with E-state index in [1.165, 1.54) is 12.8 Å². The molecular formula is C14H24N2O2S. The van der Waals surface area contributed by atoms with Gasteiger partial charge in [-0.3, -0.25) is 9.59 Å². The monoisotopic (exact) mass is 284 g/mol. The maximum atomic E-state index is 11.7.